The second-order valence-electron chi connectivity index (χ2n) is 6.73. The van der Waals surface area contributed by atoms with Crippen LogP contribution in [0.4, 0.5) is 18.9 Å². The third kappa shape index (κ3) is 1.18. The molecule has 1 fully saturated rings. The SMILES string of the molecule is CC1(C)C(C)(C)C12CNc1c(C(F)(F)F)cccc12. The Labute approximate surface area is 111 Å². The van der Waals surface area contributed by atoms with Gasteiger partial charge in [0.25, 0.3) is 0 Å². The van der Waals surface area contributed by atoms with Crippen LogP contribution in [0.2, 0.25) is 0 Å². The van der Waals surface area contributed by atoms with Gasteiger partial charge >= 0.3 is 6.18 Å². The van der Waals surface area contributed by atoms with Crippen LogP contribution in [0.1, 0.15) is 38.8 Å². The van der Waals surface area contributed by atoms with E-state index in [4.69, 9.17) is 0 Å². The Balaban J connectivity index is 2.20. The van der Waals surface area contributed by atoms with Crippen LogP contribution in [0.5, 0.6) is 0 Å². The van der Waals surface area contributed by atoms with Crippen LogP contribution in [0.3, 0.4) is 0 Å². The van der Waals surface area contributed by atoms with Crippen molar-refractivity contribution in [1.82, 2.24) is 0 Å². The smallest absolute Gasteiger partial charge is 0.383 e. The Hall–Kier alpha value is -1.19. The molecule has 0 amide bonds. The van der Waals surface area contributed by atoms with Crippen LogP contribution < -0.4 is 5.32 Å². The monoisotopic (exact) mass is 269 g/mol. The Morgan fingerprint density at radius 2 is 1.63 bits per heavy atom. The highest BCUT2D eigenvalue weighted by Gasteiger charge is 2.79. The maximum absolute atomic E-state index is 13.1. The second kappa shape index (κ2) is 3.10. The van der Waals surface area contributed by atoms with E-state index >= 15 is 0 Å². The summed E-state index contributed by atoms with van der Waals surface area (Å²) in [6, 6.07) is 4.54. The van der Waals surface area contributed by atoms with E-state index < -0.39 is 11.7 Å². The highest BCUT2D eigenvalue weighted by atomic mass is 19.4. The van der Waals surface area contributed by atoms with Crippen molar-refractivity contribution in [3.63, 3.8) is 0 Å². The van der Waals surface area contributed by atoms with Crippen molar-refractivity contribution < 1.29 is 13.2 Å². The van der Waals surface area contributed by atoms with Crippen molar-refractivity contribution in [3.05, 3.63) is 29.3 Å². The number of para-hydroxylation sites is 1. The van der Waals surface area contributed by atoms with Gasteiger partial charge < -0.3 is 5.32 Å². The molecule has 0 unspecified atom stereocenters. The Morgan fingerprint density at radius 1 is 1.05 bits per heavy atom. The molecule has 2 aliphatic rings. The van der Waals surface area contributed by atoms with Crippen molar-refractivity contribution in [3.8, 4) is 0 Å². The molecule has 104 valence electrons. The fraction of sp³-hybridized carbons (Fsp3) is 0.600. The van der Waals surface area contributed by atoms with Gasteiger partial charge in [0.05, 0.1) is 11.3 Å². The highest BCUT2D eigenvalue weighted by Crippen LogP contribution is 2.80. The number of nitrogens with one attached hydrogen (secondary N) is 1. The van der Waals surface area contributed by atoms with E-state index in [0.717, 1.165) is 11.6 Å². The average molecular weight is 269 g/mol. The molecule has 1 spiro atoms. The zero-order chi connectivity index (χ0) is 14.3. The minimum atomic E-state index is -4.30. The maximum atomic E-state index is 13.1. The number of benzene rings is 1. The quantitative estimate of drug-likeness (QED) is 0.734. The summed E-state index contributed by atoms with van der Waals surface area (Å²) in [5.74, 6) is 0. The Kier molecular flexibility index (Phi) is 2.09. The summed E-state index contributed by atoms with van der Waals surface area (Å²) in [4.78, 5) is 0. The number of hydrogen-bond donors (Lipinski definition) is 1. The lowest BCUT2D eigenvalue weighted by Gasteiger charge is -2.16. The molecule has 0 radical (unpaired) electrons. The Morgan fingerprint density at radius 3 is 2.11 bits per heavy atom. The van der Waals surface area contributed by atoms with Crippen LogP contribution in [0.25, 0.3) is 0 Å². The van der Waals surface area contributed by atoms with Gasteiger partial charge in [-0.15, -0.1) is 0 Å². The molecule has 1 heterocycles. The van der Waals surface area contributed by atoms with Gasteiger partial charge in [0.2, 0.25) is 0 Å². The van der Waals surface area contributed by atoms with E-state index in [-0.39, 0.29) is 21.9 Å². The lowest BCUT2D eigenvalue weighted by atomic mass is 9.87. The molecule has 4 heteroatoms. The van der Waals surface area contributed by atoms with Crippen LogP contribution in [0, 0.1) is 10.8 Å². The summed E-state index contributed by atoms with van der Waals surface area (Å²) in [7, 11) is 0. The molecule has 1 aromatic rings. The summed E-state index contributed by atoms with van der Waals surface area (Å²) in [6.45, 7) is 9.16. The van der Waals surface area contributed by atoms with Gasteiger partial charge in [0, 0.05) is 12.0 Å². The predicted octanol–water partition coefficient (Wildman–Crippen LogP) is 4.43. The molecule has 1 saturated carbocycles. The molecule has 0 atom stereocenters. The molecule has 1 aliphatic heterocycles. The normalized spacial score (nSPS) is 25.0. The van der Waals surface area contributed by atoms with Gasteiger partial charge in [-0.25, -0.2) is 0 Å². The molecular formula is C15H18F3N. The molecule has 1 nitrogen and oxygen atoms in total. The van der Waals surface area contributed by atoms with Gasteiger partial charge in [-0.3, -0.25) is 0 Å². The molecule has 1 N–H and O–H groups in total. The Bertz CT molecular complexity index is 541. The first-order chi connectivity index (χ1) is 8.57. The summed E-state index contributed by atoms with van der Waals surface area (Å²) in [5.41, 5.74) is 0.396. The van der Waals surface area contributed by atoms with Crippen molar-refractivity contribution in [2.45, 2.75) is 39.3 Å². The summed E-state index contributed by atoms with van der Waals surface area (Å²) in [5, 5.41) is 3.02. The minimum absolute atomic E-state index is 0.00245. The number of fused-ring (bicyclic) bond motifs is 2. The fourth-order valence-electron chi connectivity index (χ4n) is 4.20. The van der Waals surface area contributed by atoms with E-state index in [1.807, 2.05) is 6.07 Å². The number of alkyl halides is 3. The average Bonchev–Trinajstić information content (AvgIpc) is 2.64. The van der Waals surface area contributed by atoms with E-state index in [1.165, 1.54) is 6.07 Å². The lowest BCUT2D eigenvalue weighted by Crippen LogP contribution is -2.18. The molecule has 19 heavy (non-hydrogen) atoms. The topological polar surface area (TPSA) is 12.0 Å². The van der Waals surface area contributed by atoms with Gasteiger partial charge in [0.1, 0.15) is 0 Å². The third-order valence-electron chi connectivity index (χ3n) is 5.99. The van der Waals surface area contributed by atoms with Crippen molar-refractivity contribution in [2.24, 2.45) is 10.8 Å². The molecule has 1 aliphatic carbocycles. The summed E-state index contributed by atoms with van der Waals surface area (Å²) >= 11 is 0. The van der Waals surface area contributed by atoms with E-state index in [9.17, 15) is 13.2 Å². The van der Waals surface area contributed by atoms with Crippen LogP contribution in [-0.2, 0) is 11.6 Å². The molecular weight excluding hydrogens is 251 g/mol. The molecule has 0 saturated heterocycles. The van der Waals surface area contributed by atoms with E-state index in [1.54, 1.807) is 0 Å². The van der Waals surface area contributed by atoms with Crippen LogP contribution in [0.15, 0.2) is 18.2 Å². The number of rotatable bonds is 0. The van der Waals surface area contributed by atoms with Crippen molar-refractivity contribution >= 4 is 5.69 Å². The van der Waals surface area contributed by atoms with Gasteiger partial charge in [-0.05, 0) is 22.5 Å². The van der Waals surface area contributed by atoms with Crippen LogP contribution in [-0.4, -0.2) is 6.54 Å². The van der Waals surface area contributed by atoms with Gasteiger partial charge in [-0.1, -0.05) is 39.8 Å². The number of anilines is 1. The lowest BCUT2D eigenvalue weighted by molar-refractivity contribution is -0.136. The number of halogens is 3. The first-order valence-corrected chi connectivity index (χ1v) is 6.52. The molecule has 0 bridgehead atoms. The maximum Gasteiger partial charge on any atom is 0.418 e. The largest absolute Gasteiger partial charge is 0.418 e. The molecule has 0 aromatic heterocycles. The predicted molar refractivity (Wildman–Crippen MR) is 69.2 cm³/mol. The van der Waals surface area contributed by atoms with Crippen molar-refractivity contribution in [2.75, 3.05) is 11.9 Å². The standard InChI is InChI=1S/C15H18F3N/c1-12(2)13(3,4)14(12)8-19-11-9(14)6-5-7-10(11)15(16,17)18/h5-7,19H,8H2,1-4H3. The first-order valence-electron chi connectivity index (χ1n) is 6.52. The number of hydrogen-bond acceptors (Lipinski definition) is 1. The first kappa shape index (κ1) is 12.8. The zero-order valence-electron chi connectivity index (χ0n) is 11.6. The van der Waals surface area contributed by atoms with Gasteiger partial charge in [-0.2, -0.15) is 13.2 Å². The fourth-order valence-corrected chi connectivity index (χ4v) is 4.20. The van der Waals surface area contributed by atoms with E-state index in [2.05, 4.69) is 33.0 Å². The minimum Gasteiger partial charge on any atom is -0.383 e. The van der Waals surface area contributed by atoms with Crippen LogP contribution >= 0.6 is 0 Å². The van der Waals surface area contributed by atoms with Crippen molar-refractivity contribution in [1.29, 1.82) is 0 Å². The summed E-state index contributed by atoms with van der Waals surface area (Å²) < 4.78 is 39.2. The third-order valence-corrected chi connectivity index (χ3v) is 5.99. The van der Waals surface area contributed by atoms with E-state index in [0.29, 0.717) is 6.54 Å². The molecule has 1 aromatic carbocycles. The van der Waals surface area contributed by atoms with Gasteiger partial charge in [0.15, 0.2) is 0 Å². The molecule has 3 rings (SSSR count). The second-order valence-corrected chi connectivity index (χ2v) is 6.73. The zero-order valence-corrected chi connectivity index (χ0v) is 11.6. The highest BCUT2D eigenvalue weighted by molar-refractivity contribution is 5.71. The summed E-state index contributed by atoms with van der Waals surface area (Å²) in [6.07, 6.45) is -4.30.